The van der Waals surface area contributed by atoms with Crippen molar-refractivity contribution in [3.63, 3.8) is 0 Å². The second-order valence-corrected chi connectivity index (χ2v) is 8.25. The molecule has 2 aromatic carbocycles. The molecule has 9 heteroatoms. The summed E-state index contributed by atoms with van der Waals surface area (Å²) in [5, 5.41) is 12.9. The summed E-state index contributed by atoms with van der Waals surface area (Å²) in [5.41, 5.74) is 0.922. The van der Waals surface area contributed by atoms with Crippen molar-refractivity contribution in [2.75, 3.05) is 36.8 Å². The number of tetrazole rings is 1. The number of rotatable bonds is 6. The first-order valence-corrected chi connectivity index (χ1v) is 10.8. The van der Waals surface area contributed by atoms with Gasteiger partial charge < -0.3 is 9.80 Å². The van der Waals surface area contributed by atoms with Crippen LogP contribution < -0.4 is 4.90 Å². The number of nitrogens with zero attached hydrogens (tertiary/aromatic N) is 6. The lowest BCUT2D eigenvalue weighted by Crippen LogP contribution is -2.49. The molecular weight excluding hydrogens is 408 g/mol. The summed E-state index contributed by atoms with van der Waals surface area (Å²) in [6.07, 6.45) is 0.523. The van der Waals surface area contributed by atoms with Crippen molar-refractivity contribution < 1.29 is 4.79 Å². The molecule has 1 aliphatic heterocycles. The highest BCUT2D eigenvalue weighted by Gasteiger charge is 2.24. The van der Waals surface area contributed by atoms with Gasteiger partial charge in [0.15, 0.2) is 0 Å². The summed E-state index contributed by atoms with van der Waals surface area (Å²) in [5.74, 6) is 1.66. The van der Waals surface area contributed by atoms with Crippen molar-refractivity contribution >= 4 is 35.2 Å². The number of piperazine rings is 1. The number of halogens is 1. The zero-order chi connectivity index (χ0) is 20.1. The normalized spacial score (nSPS) is 14.2. The summed E-state index contributed by atoms with van der Waals surface area (Å²) in [6.45, 7) is 2.77. The van der Waals surface area contributed by atoms with E-state index in [0.717, 1.165) is 21.4 Å². The number of carbonyl (C=O) groups excluding carboxylic acids is 1. The molecule has 0 radical (unpaired) electrons. The number of benzene rings is 2. The fourth-order valence-electron chi connectivity index (χ4n) is 3.22. The van der Waals surface area contributed by atoms with Crippen LogP contribution in [0.25, 0.3) is 5.69 Å². The Labute approximate surface area is 178 Å². The Morgan fingerprint density at radius 3 is 2.45 bits per heavy atom. The fraction of sp³-hybridized carbons (Fsp3) is 0.300. The van der Waals surface area contributed by atoms with Crippen LogP contribution in [0.4, 0.5) is 5.95 Å². The van der Waals surface area contributed by atoms with Gasteiger partial charge in [-0.05, 0) is 46.8 Å². The molecule has 0 unspecified atom stereocenters. The zero-order valence-electron chi connectivity index (χ0n) is 15.8. The smallest absolute Gasteiger partial charge is 0.250 e. The lowest BCUT2D eigenvalue weighted by Gasteiger charge is -2.34. The van der Waals surface area contributed by atoms with Crippen molar-refractivity contribution in [3.8, 4) is 5.69 Å². The molecule has 0 spiro atoms. The van der Waals surface area contributed by atoms with Gasteiger partial charge in [-0.15, -0.1) is 11.8 Å². The summed E-state index contributed by atoms with van der Waals surface area (Å²) in [4.78, 5) is 17.7. The average Bonchev–Trinajstić information content (AvgIpc) is 3.26. The second kappa shape index (κ2) is 9.28. The van der Waals surface area contributed by atoms with Crippen LogP contribution >= 0.6 is 23.4 Å². The number of amides is 1. The maximum absolute atomic E-state index is 12.6. The molecule has 0 aliphatic carbocycles. The molecule has 0 saturated carbocycles. The molecule has 0 bridgehead atoms. The van der Waals surface area contributed by atoms with E-state index in [1.807, 2.05) is 59.5 Å². The van der Waals surface area contributed by atoms with Gasteiger partial charge in [0.05, 0.1) is 5.69 Å². The lowest BCUT2D eigenvalue weighted by atomic mass is 10.3. The van der Waals surface area contributed by atoms with E-state index in [4.69, 9.17) is 11.6 Å². The van der Waals surface area contributed by atoms with E-state index >= 15 is 0 Å². The molecule has 4 rings (SSSR count). The van der Waals surface area contributed by atoms with Crippen LogP contribution in [-0.2, 0) is 4.79 Å². The molecular formula is C20H21ClN6OS. The first-order valence-electron chi connectivity index (χ1n) is 9.45. The predicted octanol–water partition coefficient (Wildman–Crippen LogP) is 3.15. The minimum Gasteiger partial charge on any atom is -0.339 e. The minimum atomic E-state index is 0.189. The van der Waals surface area contributed by atoms with E-state index in [1.165, 1.54) is 0 Å². The van der Waals surface area contributed by atoms with E-state index in [9.17, 15) is 4.79 Å². The summed E-state index contributed by atoms with van der Waals surface area (Å²) < 4.78 is 1.74. The van der Waals surface area contributed by atoms with Crippen LogP contribution in [0.2, 0.25) is 5.02 Å². The van der Waals surface area contributed by atoms with Crippen molar-refractivity contribution in [2.24, 2.45) is 0 Å². The topological polar surface area (TPSA) is 67.2 Å². The third-order valence-electron chi connectivity index (χ3n) is 4.77. The maximum Gasteiger partial charge on any atom is 0.250 e. The molecule has 1 saturated heterocycles. The van der Waals surface area contributed by atoms with Crippen LogP contribution in [-0.4, -0.2) is 62.9 Å². The van der Waals surface area contributed by atoms with Crippen LogP contribution in [0.15, 0.2) is 59.5 Å². The number of anilines is 1. The van der Waals surface area contributed by atoms with Gasteiger partial charge in [-0.1, -0.05) is 34.9 Å². The largest absolute Gasteiger partial charge is 0.339 e. The fourth-order valence-corrected chi connectivity index (χ4v) is 4.18. The Hall–Kier alpha value is -2.58. The predicted molar refractivity (Wildman–Crippen MR) is 115 cm³/mol. The average molecular weight is 429 g/mol. The van der Waals surface area contributed by atoms with Gasteiger partial charge in [0.1, 0.15) is 0 Å². The molecule has 150 valence electrons. The third kappa shape index (κ3) is 4.89. The first kappa shape index (κ1) is 19.7. The van der Waals surface area contributed by atoms with Crippen molar-refractivity contribution in [2.45, 2.75) is 11.3 Å². The lowest BCUT2D eigenvalue weighted by molar-refractivity contribution is -0.131. The molecule has 1 fully saturated rings. The Morgan fingerprint density at radius 2 is 1.72 bits per heavy atom. The number of carbonyl (C=O) groups is 1. The van der Waals surface area contributed by atoms with Crippen LogP contribution in [0.5, 0.6) is 0 Å². The zero-order valence-corrected chi connectivity index (χ0v) is 17.4. The standard InChI is InChI=1S/C20H21ClN6OS/c21-16-6-8-18(9-7-16)29-15-10-19(28)25-11-13-26(14-12-25)20-22-23-24-27(20)17-4-2-1-3-5-17/h1-9H,10-15H2. The number of aromatic nitrogens is 4. The molecule has 29 heavy (non-hydrogen) atoms. The molecule has 7 nitrogen and oxygen atoms in total. The van der Waals surface area contributed by atoms with Crippen LogP contribution in [0.3, 0.4) is 0 Å². The Morgan fingerprint density at radius 1 is 1.00 bits per heavy atom. The van der Waals surface area contributed by atoms with E-state index in [0.29, 0.717) is 38.5 Å². The summed E-state index contributed by atoms with van der Waals surface area (Å²) in [6, 6.07) is 17.5. The number of hydrogen-bond donors (Lipinski definition) is 0. The van der Waals surface area contributed by atoms with E-state index < -0.39 is 0 Å². The Kier molecular flexibility index (Phi) is 6.31. The van der Waals surface area contributed by atoms with Crippen LogP contribution in [0, 0.1) is 0 Å². The molecule has 0 N–H and O–H groups in total. The molecule has 2 heterocycles. The Bertz CT molecular complexity index is 941. The van der Waals surface area contributed by atoms with Crippen LogP contribution in [0.1, 0.15) is 6.42 Å². The van der Waals surface area contributed by atoms with Gasteiger partial charge in [-0.25, -0.2) is 0 Å². The van der Waals surface area contributed by atoms with Gasteiger partial charge in [-0.3, -0.25) is 4.79 Å². The number of para-hydroxylation sites is 1. The quantitative estimate of drug-likeness (QED) is 0.562. The summed E-state index contributed by atoms with van der Waals surface area (Å²) >= 11 is 7.58. The van der Waals surface area contributed by atoms with Crippen molar-refractivity contribution in [3.05, 3.63) is 59.6 Å². The number of thioether (sulfide) groups is 1. The molecule has 1 amide bonds. The SMILES string of the molecule is O=C(CCSc1ccc(Cl)cc1)N1CCN(c2nnnn2-c2ccccc2)CC1. The second-order valence-electron chi connectivity index (χ2n) is 6.65. The highest BCUT2D eigenvalue weighted by molar-refractivity contribution is 7.99. The van der Waals surface area contributed by atoms with Gasteiger partial charge in [-0.2, -0.15) is 4.68 Å². The summed E-state index contributed by atoms with van der Waals surface area (Å²) in [7, 11) is 0. The minimum absolute atomic E-state index is 0.189. The van der Waals surface area contributed by atoms with Gasteiger partial charge >= 0.3 is 0 Å². The van der Waals surface area contributed by atoms with E-state index in [1.54, 1.807) is 16.4 Å². The first-order chi connectivity index (χ1) is 14.2. The van der Waals surface area contributed by atoms with Gasteiger partial charge in [0.25, 0.3) is 0 Å². The highest BCUT2D eigenvalue weighted by Crippen LogP contribution is 2.22. The van der Waals surface area contributed by atoms with Gasteiger partial charge in [0, 0.05) is 48.3 Å². The maximum atomic E-state index is 12.6. The third-order valence-corrected chi connectivity index (χ3v) is 6.03. The number of hydrogen-bond acceptors (Lipinski definition) is 6. The van der Waals surface area contributed by atoms with Crippen molar-refractivity contribution in [1.82, 2.24) is 25.1 Å². The van der Waals surface area contributed by atoms with E-state index in [-0.39, 0.29) is 5.91 Å². The molecule has 1 aromatic heterocycles. The monoisotopic (exact) mass is 428 g/mol. The molecule has 1 aliphatic rings. The van der Waals surface area contributed by atoms with Crippen molar-refractivity contribution in [1.29, 1.82) is 0 Å². The van der Waals surface area contributed by atoms with Gasteiger partial charge in [0.2, 0.25) is 11.9 Å². The Balaban J connectivity index is 1.28. The highest BCUT2D eigenvalue weighted by atomic mass is 35.5. The molecule has 3 aromatic rings. The molecule has 0 atom stereocenters. The van der Waals surface area contributed by atoms with E-state index in [2.05, 4.69) is 20.4 Å².